The molecule has 1 N–H and O–H groups in total. The summed E-state index contributed by atoms with van der Waals surface area (Å²) in [5, 5.41) is 10.0. The monoisotopic (exact) mass is 315 g/mol. The molecule has 4 nitrogen and oxygen atoms in total. The molecule has 23 heavy (non-hydrogen) atoms. The topological polar surface area (TPSA) is 49.8 Å². The number of carbonyl (C=O) groups is 1. The van der Waals surface area contributed by atoms with Crippen molar-refractivity contribution >= 4 is 5.91 Å². The SMILES string of the molecule is COc1cccc(C2CC(O)CN2C(=O)c2cccc(F)c2)c1. The maximum absolute atomic E-state index is 13.4. The minimum Gasteiger partial charge on any atom is -0.497 e. The lowest BCUT2D eigenvalue weighted by Crippen LogP contribution is -2.31. The number of nitrogens with zero attached hydrogens (tertiary/aromatic N) is 1. The zero-order chi connectivity index (χ0) is 16.4. The summed E-state index contributed by atoms with van der Waals surface area (Å²) < 4.78 is 18.6. The number of rotatable bonds is 3. The average molecular weight is 315 g/mol. The molecule has 0 aliphatic carbocycles. The number of ether oxygens (including phenoxy) is 1. The van der Waals surface area contributed by atoms with Crippen LogP contribution in [0.1, 0.15) is 28.4 Å². The Morgan fingerprint density at radius 2 is 2.04 bits per heavy atom. The number of carbonyl (C=O) groups excluding carboxylic acids is 1. The van der Waals surface area contributed by atoms with Crippen molar-refractivity contribution in [3.8, 4) is 5.75 Å². The van der Waals surface area contributed by atoms with Crippen LogP contribution in [0.2, 0.25) is 0 Å². The van der Waals surface area contributed by atoms with Crippen molar-refractivity contribution in [3.05, 3.63) is 65.5 Å². The predicted octanol–water partition coefficient (Wildman–Crippen LogP) is 2.78. The van der Waals surface area contributed by atoms with E-state index in [2.05, 4.69) is 0 Å². The molecule has 120 valence electrons. The van der Waals surface area contributed by atoms with Gasteiger partial charge in [-0.3, -0.25) is 4.79 Å². The average Bonchev–Trinajstić information content (AvgIpc) is 2.96. The molecular formula is C18H18FNO3. The van der Waals surface area contributed by atoms with Crippen LogP contribution in [0, 0.1) is 5.82 Å². The lowest BCUT2D eigenvalue weighted by Gasteiger charge is -2.25. The molecule has 2 aromatic rings. The van der Waals surface area contributed by atoms with Crippen molar-refractivity contribution in [2.45, 2.75) is 18.6 Å². The lowest BCUT2D eigenvalue weighted by molar-refractivity contribution is 0.0715. The third kappa shape index (κ3) is 3.19. The van der Waals surface area contributed by atoms with Gasteiger partial charge in [0.25, 0.3) is 5.91 Å². The van der Waals surface area contributed by atoms with Gasteiger partial charge in [0.2, 0.25) is 0 Å². The van der Waals surface area contributed by atoms with Gasteiger partial charge in [0.05, 0.1) is 19.3 Å². The first-order chi connectivity index (χ1) is 11.1. The molecule has 0 radical (unpaired) electrons. The third-order valence-electron chi connectivity index (χ3n) is 4.09. The van der Waals surface area contributed by atoms with Crippen molar-refractivity contribution in [1.82, 2.24) is 4.90 Å². The molecule has 0 spiro atoms. The molecule has 0 aromatic heterocycles. The first-order valence-corrected chi connectivity index (χ1v) is 7.47. The Balaban J connectivity index is 1.91. The smallest absolute Gasteiger partial charge is 0.254 e. The Labute approximate surface area is 134 Å². The molecule has 1 aliphatic rings. The maximum Gasteiger partial charge on any atom is 0.254 e. The Kier molecular flexibility index (Phi) is 4.30. The molecule has 1 amide bonds. The van der Waals surface area contributed by atoms with Crippen LogP contribution in [0.5, 0.6) is 5.75 Å². The van der Waals surface area contributed by atoms with Crippen LogP contribution in [0.4, 0.5) is 4.39 Å². The van der Waals surface area contributed by atoms with Crippen LogP contribution in [0.25, 0.3) is 0 Å². The van der Waals surface area contributed by atoms with Crippen LogP contribution in [0.15, 0.2) is 48.5 Å². The van der Waals surface area contributed by atoms with E-state index in [1.165, 1.54) is 18.2 Å². The molecule has 2 atom stereocenters. The molecule has 0 bridgehead atoms. The van der Waals surface area contributed by atoms with Crippen molar-refractivity contribution in [2.24, 2.45) is 0 Å². The molecule has 0 saturated carbocycles. The van der Waals surface area contributed by atoms with Gasteiger partial charge < -0.3 is 14.7 Å². The Hall–Kier alpha value is -2.40. The zero-order valence-electron chi connectivity index (χ0n) is 12.8. The normalized spacial score (nSPS) is 20.6. The van der Waals surface area contributed by atoms with E-state index in [0.717, 1.165) is 5.56 Å². The number of methoxy groups -OCH3 is 1. The zero-order valence-corrected chi connectivity index (χ0v) is 12.8. The number of halogens is 1. The molecule has 1 fully saturated rings. The van der Waals surface area contributed by atoms with Gasteiger partial charge >= 0.3 is 0 Å². The Bertz CT molecular complexity index is 719. The fourth-order valence-corrected chi connectivity index (χ4v) is 2.99. The largest absolute Gasteiger partial charge is 0.497 e. The second kappa shape index (κ2) is 6.38. The van der Waals surface area contributed by atoms with E-state index in [1.807, 2.05) is 24.3 Å². The van der Waals surface area contributed by atoms with E-state index in [4.69, 9.17) is 4.74 Å². The minimum absolute atomic E-state index is 0.233. The summed E-state index contributed by atoms with van der Waals surface area (Å²) in [6.07, 6.45) is -0.141. The molecule has 2 aromatic carbocycles. The van der Waals surface area contributed by atoms with Gasteiger partial charge in [0.1, 0.15) is 11.6 Å². The van der Waals surface area contributed by atoms with Crippen LogP contribution in [-0.2, 0) is 0 Å². The fraction of sp³-hybridized carbons (Fsp3) is 0.278. The fourth-order valence-electron chi connectivity index (χ4n) is 2.99. The van der Waals surface area contributed by atoms with Crippen molar-refractivity contribution in [3.63, 3.8) is 0 Å². The molecular weight excluding hydrogens is 297 g/mol. The second-order valence-electron chi connectivity index (χ2n) is 5.65. The van der Waals surface area contributed by atoms with Crippen molar-refractivity contribution in [2.75, 3.05) is 13.7 Å². The number of amides is 1. The number of likely N-dealkylation sites (tertiary alicyclic amines) is 1. The lowest BCUT2D eigenvalue weighted by atomic mass is 10.0. The summed E-state index contributed by atoms with van der Waals surface area (Å²) in [7, 11) is 1.58. The highest BCUT2D eigenvalue weighted by atomic mass is 19.1. The van der Waals surface area contributed by atoms with Gasteiger partial charge in [-0.25, -0.2) is 4.39 Å². The van der Waals surface area contributed by atoms with Gasteiger partial charge in [-0.2, -0.15) is 0 Å². The summed E-state index contributed by atoms with van der Waals surface area (Å²) >= 11 is 0. The van der Waals surface area contributed by atoms with E-state index in [0.29, 0.717) is 12.2 Å². The highest BCUT2D eigenvalue weighted by Crippen LogP contribution is 2.34. The van der Waals surface area contributed by atoms with E-state index >= 15 is 0 Å². The van der Waals surface area contributed by atoms with Crippen molar-refractivity contribution in [1.29, 1.82) is 0 Å². The number of β-amino-alcohol motifs (C(OH)–C–C–N with tert-alkyl or cyclic N) is 1. The molecule has 3 rings (SSSR count). The number of hydrogen-bond acceptors (Lipinski definition) is 3. The van der Waals surface area contributed by atoms with Crippen LogP contribution in [-0.4, -0.2) is 35.7 Å². The van der Waals surface area contributed by atoms with E-state index in [-0.39, 0.29) is 24.1 Å². The summed E-state index contributed by atoms with van der Waals surface area (Å²) in [6.45, 7) is 0.233. The Morgan fingerprint density at radius 1 is 1.26 bits per heavy atom. The van der Waals surface area contributed by atoms with Gasteiger partial charge in [-0.1, -0.05) is 18.2 Å². The molecule has 1 saturated heterocycles. The quantitative estimate of drug-likeness (QED) is 0.947. The highest BCUT2D eigenvalue weighted by molar-refractivity contribution is 5.94. The molecule has 2 unspecified atom stereocenters. The number of benzene rings is 2. The third-order valence-corrected chi connectivity index (χ3v) is 4.09. The predicted molar refractivity (Wildman–Crippen MR) is 83.8 cm³/mol. The maximum atomic E-state index is 13.4. The second-order valence-corrected chi connectivity index (χ2v) is 5.65. The summed E-state index contributed by atoms with van der Waals surface area (Å²) in [4.78, 5) is 14.3. The first kappa shape index (κ1) is 15.5. The van der Waals surface area contributed by atoms with Gasteiger partial charge in [-0.15, -0.1) is 0 Å². The standard InChI is InChI=1S/C18H18FNO3/c1-23-16-7-3-4-12(9-16)17-10-15(21)11-20(17)18(22)13-5-2-6-14(19)8-13/h2-9,15,17,21H,10-11H2,1H3. The molecule has 5 heteroatoms. The number of hydrogen-bond donors (Lipinski definition) is 1. The van der Waals surface area contributed by atoms with E-state index in [9.17, 15) is 14.3 Å². The highest BCUT2D eigenvalue weighted by Gasteiger charge is 2.35. The van der Waals surface area contributed by atoms with Gasteiger partial charge in [-0.05, 0) is 42.3 Å². The van der Waals surface area contributed by atoms with Gasteiger partial charge in [0.15, 0.2) is 0 Å². The van der Waals surface area contributed by atoms with Crippen LogP contribution < -0.4 is 4.74 Å². The van der Waals surface area contributed by atoms with Gasteiger partial charge in [0, 0.05) is 12.1 Å². The van der Waals surface area contributed by atoms with E-state index in [1.54, 1.807) is 18.1 Å². The molecule has 1 aliphatic heterocycles. The number of aliphatic hydroxyl groups is 1. The Morgan fingerprint density at radius 3 is 2.78 bits per heavy atom. The van der Waals surface area contributed by atoms with Crippen LogP contribution in [0.3, 0.4) is 0 Å². The summed E-state index contributed by atoms with van der Waals surface area (Å²) in [5.74, 6) is -0.0376. The van der Waals surface area contributed by atoms with E-state index < -0.39 is 11.9 Å². The minimum atomic E-state index is -0.594. The number of aliphatic hydroxyl groups excluding tert-OH is 1. The summed E-state index contributed by atoms with van der Waals surface area (Å²) in [5.41, 5.74) is 1.18. The van der Waals surface area contributed by atoms with Crippen molar-refractivity contribution < 1.29 is 19.0 Å². The summed E-state index contributed by atoms with van der Waals surface area (Å²) in [6, 6.07) is 12.8. The van der Waals surface area contributed by atoms with Crippen LogP contribution >= 0.6 is 0 Å². The molecule has 1 heterocycles. The first-order valence-electron chi connectivity index (χ1n) is 7.47.